The number of benzene rings is 1. The number of rotatable bonds is 2. The summed E-state index contributed by atoms with van der Waals surface area (Å²) < 4.78 is 0. The number of aromatic nitrogens is 2. The van der Waals surface area contributed by atoms with Crippen molar-refractivity contribution in [2.75, 3.05) is 23.7 Å². The van der Waals surface area contributed by atoms with Gasteiger partial charge in [0.15, 0.2) is 5.82 Å². The van der Waals surface area contributed by atoms with Gasteiger partial charge in [0.2, 0.25) is 0 Å². The first kappa shape index (κ1) is 13.2. The van der Waals surface area contributed by atoms with Crippen LogP contribution in [0.2, 0.25) is 5.02 Å². The Kier molecular flexibility index (Phi) is 3.74. The largest absolute Gasteiger partial charge is 0.394 e. The number of anilines is 2. The fourth-order valence-corrected chi connectivity index (χ4v) is 2.80. The molecule has 0 unspecified atom stereocenters. The molecule has 1 saturated heterocycles. The van der Waals surface area contributed by atoms with Crippen LogP contribution in [0.3, 0.4) is 0 Å². The molecular formula is C15H17ClN4. The lowest BCUT2D eigenvalue weighted by Gasteiger charge is -2.28. The number of piperidine rings is 1. The van der Waals surface area contributed by atoms with Gasteiger partial charge >= 0.3 is 0 Å². The summed E-state index contributed by atoms with van der Waals surface area (Å²) in [5.74, 6) is 0.842. The third-order valence-electron chi connectivity index (χ3n) is 3.62. The number of nitrogens with zero attached hydrogens (tertiary/aromatic N) is 3. The van der Waals surface area contributed by atoms with Crippen LogP contribution in [0.1, 0.15) is 19.3 Å². The van der Waals surface area contributed by atoms with Gasteiger partial charge in [-0.15, -0.1) is 0 Å². The number of nitrogens with two attached hydrogens (primary N) is 1. The van der Waals surface area contributed by atoms with E-state index in [0.29, 0.717) is 10.7 Å². The summed E-state index contributed by atoms with van der Waals surface area (Å²) in [5, 5.41) is 0.681. The summed E-state index contributed by atoms with van der Waals surface area (Å²) in [7, 11) is 0. The predicted octanol–water partition coefficient (Wildman–Crippen LogP) is 3.37. The molecule has 0 bridgehead atoms. The molecule has 4 nitrogen and oxygen atoms in total. The van der Waals surface area contributed by atoms with Gasteiger partial charge in [-0.1, -0.05) is 23.7 Å². The first-order valence-electron chi connectivity index (χ1n) is 6.87. The molecule has 1 aromatic carbocycles. The molecule has 0 amide bonds. The predicted molar refractivity (Wildman–Crippen MR) is 83.0 cm³/mol. The highest BCUT2D eigenvalue weighted by Crippen LogP contribution is 2.32. The van der Waals surface area contributed by atoms with Crippen molar-refractivity contribution >= 4 is 23.1 Å². The maximum absolute atomic E-state index is 6.29. The first-order valence-corrected chi connectivity index (χ1v) is 7.25. The van der Waals surface area contributed by atoms with Gasteiger partial charge in [0.05, 0.1) is 5.69 Å². The Morgan fingerprint density at radius 2 is 1.90 bits per heavy atom. The van der Waals surface area contributed by atoms with Crippen molar-refractivity contribution in [2.24, 2.45) is 0 Å². The second kappa shape index (κ2) is 5.67. The summed E-state index contributed by atoms with van der Waals surface area (Å²) in [6.07, 6.45) is 5.24. The zero-order valence-electron chi connectivity index (χ0n) is 11.2. The van der Waals surface area contributed by atoms with E-state index < -0.39 is 0 Å². The fourth-order valence-electron chi connectivity index (χ4n) is 2.61. The summed E-state index contributed by atoms with van der Waals surface area (Å²) in [6, 6.07) is 7.58. The van der Waals surface area contributed by atoms with Crippen molar-refractivity contribution in [3.63, 3.8) is 0 Å². The lowest BCUT2D eigenvalue weighted by Crippen LogP contribution is -2.31. The van der Waals surface area contributed by atoms with Gasteiger partial charge < -0.3 is 10.6 Å². The molecule has 2 heterocycles. The molecule has 0 radical (unpaired) electrons. The van der Waals surface area contributed by atoms with E-state index in [4.69, 9.17) is 17.3 Å². The maximum Gasteiger partial charge on any atom is 0.155 e. The van der Waals surface area contributed by atoms with Crippen LogP contribution in [0.15, 0.2) is 30.6 Å². The van der Waals surface area contributed by atoms with Crippen LogP contribution in [-0.4, -0.2) is 23.1 Å². The molecule has 5 heteroatoms. The monoisotopic (exact) mass is 288 g/mol. The molecule has 0 aliphatic carbocycles. The fraction of sp³-hybridized carbons (Fsp3) is 0.333. The Bertz CT molecular complexity index is 609. The molecule has 3 rings (SSSR count). The standard InChI is InChI=1S/C15H17ClN4/c16-12-6-4-5-11(9-12)14-13(17)15(19-10-18-14)20-7-2-1-3-8-20/h4-6,9-10H,1-3,7-8,17H2. The molecule has 20 heavy (non-hydrogen) atoms. The molecule has 1 fully saturated rings. The van der Waals surface area contributed by atoms with Crippen molar-refractivity contribution < 1.29 is 0 Å². The Morgan fingerprint density at radius 3 is 2.65 bits per heavy atom. The number of halogens is 1. The van der Waals surface area contributed by atoms with Gasteiger partial charge in [-0.05, 0) is 31.4 Å². The molecule has 104 valence electrons. The zero-order chi connectivity index (χ0) is 13.9. The van der Waals surface area contributed by atoms with E-state index in [-0.39, 0.29) is 0 Å². The van der Waals surface area contributed by atoms with Crippen LogP contribution in [-0.2, 0) is 0 Å². The Balaban J connectivity index is 2.00. The van der Waals surface area contributed by atoms with E-state index in [2.05, 4.69) is 14.9 Å². The van der Waals surface area contributed by atoms with Crippen molar-refractivity contribution in [3.8, 4) is 11.3 Å². The van der Waals surface area contributed by atoms with Crippen LogP contribution in [0.4, 0.5) is 11.5 Å². The smallest absolute Gasteiger partial charge is 0.155 e. The molecule has 1 aliphatic heterocycles. The van der Waals surface area contributed by atoms with Crippen molar-refractivity contribution in [2.45, 2.75) is 19.3 Å². The quantitative estimate of drug-likeness (QED) is 0.920. The highest BCUT2D eigenvalue weighted by Gasteiger charge is 2.18. The third-order valence-corrected chi connectivity index (χ3v) is 3.85. The summed E-state index contributed by atoms with van der Waals surface area (Å²) in [4.78, 5) is 10.9. The first-order chi connectivity index (χ1) is 9.75. The van der Waals surface area contributed by atoms with Crippen LogP contribution in [0.25, 0.3) is 11.3 Å². The van der Waals surface area contributed by atoms with Gasteiger partial charge in [-0.3, -0.25) is 0 Å². The molecule has 2 aromatic rings. The molecule has 0 saturated carbocycles. The minimum absolute atomic E-state index is 0.636. The van der Waals surface area contributed by atoms with E-state index in [0.717, 1.165) is 30.2 Å². The lowest BCUT2D eigenvalue weighted by molar-refractivity contribution is 0.573. The van der Waals surface area contributed by atoms with E-state index in [1.165, 1.54) is 19.3 Å². The van der Waals surface area contributed by atoms with Crippen LogP contribution in [0, 0.1) is 0 Å². The Hall–Kier alpha value is -1.81. The van der Waals surface area contributed by atoms with E-state index >= 15 is 0 Å². The minimum atomic E-state index is 0.636. The molecule has 1 aliphatic rings. The van der Waals surface area contributed by atoms with E-state index in [9.17, 15) is 0 Å². The van der Waals surface area contributed by atoms with Gasteiger partial charge in [-0.25, -0.2) is 9.97 Å². The van der Waals surface area contributed by atoms with Crippen molar-refractivity contribution in [1.82, 2.24) is 9.97 Å². The molecule has 1 aromatic heterocycles. The van der Waals surface area contributed by atoms with Crippen molar-refractivity contribution in [3.05, 3.63) is 35.6 Å². The second-order valence-electron chi connectivity index (χ2n) is 5.02. The lowest BCUT2D eigenvalue weighted by atomic mass is 10.1. The Labute approximate surface area is 123 Å². The van der Waals surface area contributed by atoms with Gasteiger partial charge in [-0.2, -0.15) is 0 Å². The normalized spacial score (nSPS) is 15.3. The van der Waals surface area contributed by atoms with Crippen LogP contribution < -0.4 is 10.6 Å². The van der Waals surface area contributed by atoms with Gasteiger partial charge in [0.1, 0.15) is 12.0 Å². The SMILES string of the molecule is Nc1c(-c2cccc(Cl)c2)ncnc1N1CCCCC1. The van der Waals surface area contributed by atoms with E-state index in [1.54, 1.807) is 6.33 Å². The summed E-state index contributed by atoms with van der Waals surface area (Å²) in [5.41, 5.74) is 8.60. The summed E-state index contributed by atoms with van der Waals surface area (Å²) in [6.45, 7) is 2.02. The average Bonchev–Trinajstić information content (AvgIpc) is 2.48. The minimum Gasteiger partial charge on any atom is -0.394 e. The van der Waals surface area contributed by atoms with Crippen LogP contribution in [0.5, 0.6) is 0 Å². The molecule has 0 atom stereocenters. The average molecular weight is 289 g/mol. The summed E-state index contributed by atoms with van der Waals surface area (Å²) >= 11 is 6.04. The third kappa shape index (κ3) is 2.56. The van der Waals surface area contributed by atoms with Crippen molar-refractivity contribution in [1.29, 1.82) is 0 Å². The van der Waals surface area contributed by atoms with Crippen LogP contribution >= 0.6 is 11.6 Å². The Morgan fingerprint density at radius 1 is 1.10 bits per heavy atom. The van der Waals surface area contributed by atoms with Gasteiger partial charge in [0, 0.05) is 23.7 Å². The molecular weight excluding hydrogens is 272 g/mol. The molecule has 2 N–H and O–H groups in total. The number of hydrogen-bond acceptors (Lipinski definition) is 4. The molecule has 0 spiro atoms. The maximum atomic E-state index is 6.29. The van der Waals surface area contributed by atoms with E-state index in [1.807, 2.05) is 24.3 Å². The highest BCUT2D eigenvalue weighted by molar-refractivity contribution is 6.30. The topological polar surface area (TPSA) is 55.0 Å². The van der Waals surface area contributed by atoms with Gasteiger partial charge in [0.25, 0.3) is 0 Å². The zero-order valence-corrected chi connectivity index (χ0v) is 12.0. The number of hydrogen-bond donors (Lipinski definition) is 1. The number of nitrogen functional groups attached to an aromatic ring is 1. The highest BCUT2D eigenvalue weighted by atomic mass is 35.5. The second-order valence-corrected chi connectivity index (χ2v) is 5.45.